The van der Waals surface area contributed by atoms with E-state index in [2.05, 4.69) is 33.9 Å². The smallest absolute Gasteiger partial charge is 0.137 e. The van der Waals surface area contributed by atoms with Crippen molar-refractivity contribution in [3.63, 3.8) is 0 Å². The van der Waals surface area contributed by atoms with Gasteiger partial charge in [-0.15, -0.1) is 0 Å². The van der Waals surface area contributed by atoms with Crippen LogP contribution in [0.4, 0.5) is 0 Å². The molecule has 3 rings (SSSR count). The number of likely N-dealkylation sites (tertiary alicyclic amines) is 1. The molecule has 0 amide bonds. The van der Waals surface area contributed by atoms with E-state index in [1.807, 2.05) is 12.3 Å². The van der Waals surface area contributed by atoms with Crippen LogP contribution in [0, 0.1) is 0 Å². The van der Waals surface area contributed by atoms with E-state index >= 15 is 0 Å². The summed E-state index contributed by atoms with van der Waals surface area (Å²) in [7, 11) is 0. The van der Waals surface area contributed by atoms with Crippen LogP contribution in [-0.2, 0) is 6.54 Å². The van der Waals surface area contributed by atoms with E-state index in [1.54, 1.807) is 0 Å². The van der Waals surface area contributed by atoms with Crippen molar-refractivity contribution in [2.24, 2.45) is 0 Å². The van der Waals surface area contributed by atoms with Crippen molar-refractivity contribution in [3.8, 4) is 0 Å². The number of β-amino-alcohol motifs (C(OH)–C–C–N with tert-alkyl or cyclic N) is 1. The summed E-state index contributed by atoms with van der Waals surface area (Å²) in [5, 5.41) is 11.5. The van der Waals surface area contributed by atoms with Crippen LogP contribution in [0.5, 0.6) is 0 Å². The third-order valence-corrected chi connectivity index (χ3v) is 4.15. The lowest BCUT2D eigenvalue weighted by atomic mass is 9.90. The first-order chi connectivity index (χ1) is 9.18. The molecule has 2 N–H and O–H groups in total. The Morgan fingerprint density at radius 1 is 1.42 bits per heavy atom. The second-order valence-corrected chi connectivity index (χ2v) is 5.61. The van der Waals surface area contributed by atoms with Crippen molar-refractivity contribution in [2.45, 2.75) is 38.3 Å². The summed E-state index contributed by atoms with van der Waals surface area (Å²) in [5.41, 5.74) is 1.50. The molecule has 2 aromatic heterocycles. The van der Waals surface area contributed by atoms with Gasteiger partial charge in [0.2, 0.25) is 0 Å². The SMILES string of the molecule is CCC1(O)CCCN(Cc2ccc3cc[nH]c3n2)C1. The summed E-state index contributed by atoms with van der Waals surface area (Å²) >= 11 is 0. The maximum absolute atomic E-state index is 10.4. The number of fused-ring (bicyclic) bond motifs is 1. The van der Waals surface area contributed by atoms with Gasteiger partial charge in [-0.1, -0.05) is 6.92 Å². The highest BCUT2D eigenvalue weighted by atomic mass is 16.3. The number of rotatable bonds is 3. The number of aromatic nitrogens is 2. The molecule has 1 saturated heterocycles. The fourth-order valence-corrected chi connectivity index (χ4v) is 2.92. The first-order valence-electron chi connectivity index (χ1n) is 7.06. The van der Waals surface area contributed by atoms with Gasteiger partial charge < -0.3 is 10.1 Å². The van der Waals surface area contributed by atoms with Crippen LogP contribution in [0.25, 0.3) is 11.0 Å². The van der Waals surface area contributed by atoms with E-state index in [0.29, 0.717) is 0 Å². The van der Waals surface area contributed by atoms with E-state index < -0.39 is 5.60 Å². The topological polar surface area (TPSA) is 52.1 Å². The molecule has 4 heteroatoms. The van der Waals surface area contributed by atoms with Gasteiger partial charge in [0.25, 0.3) is 0 Å². The molecule has 0 aliphatic carbocycles. The van der Waals surface area contributed by atoms with Crippen LogP contribution in [0.2, 0.25) is 0 Å². The molecule has 1 aliphatic rings. The molecule has 1 aliphatic heterocycles. The zero-order valence-electron chi connectivity index (χ0n) is 11.4. The Bertz CT molecular complexity index is 565. The minimum Gasteiger partial charge on any atom is -0.389 e. The summed E-state index contributed by atoms with van der Waals surface area (Å²) in [6.07, 6.45) is 4.73. The second-order valence-electron chi connectivity index (χ2n) is 5.61. The van der Waals surface area contributed by atoms with Gasteiger partial charge >= 0.3 is 0 Å². The molecule has 0 radical (unpaired) electrons. The Morgan fingerprint density at radius 3 is 3.16 bits per heavy atom. The number of pyridine rings is 1. The molecular weight excluding hydrogens is 238 g/mol. The Hall–Kier alpha value is -1.39. The summed E-state index contributed by atoms with van der Waals surface area (Å²) in [6.45, 7) is 4.69. The molecule has 1 fully saturated rings. The Morgan fingerprint density at radius 2 is 2.32 bits per heavy atom. The molecule has 4 nitrogen and oxygen atoms in total. The molecule has 0 saturated carbocycles. The van der Waals surface area contributed by atoms with Crippen molar-refractivity contribution in [2.75, 3.05) is 13.1 Å². The highest BCUT2D eigenvalue weighted by Gasteiger charge is 2.31. The van der Waals surface area contributed by atoms with Crippen molar-refractivity contribution in [1.82, 2.24) is 14.9 Å². The average Bonchev–Trinajstić information content (AvgIpc) is 2.86. The fraction of sp³-hybridized carbons (Fsp3) is 0.533. The van der Waals surface area contributed by atoms with E-state index in [4.69, 9.17) is 0 Å². The van der Waals surface area contributed by atoms with Crippen LogP contribution in [0.3, 0.4) is 0 Å². The van der Waals surface area contributed by atoms with Gasteiger partial charge in [-0.2, -0.15) is 0 Å². The quantitative estimate of drug-likeness (QED) is 0.889. The van der Waals surface area contributed by atoms with E-state index in [-0.39, 0.29) is 0 Å². The number of hydrogen-bond acceptors (Lipinski definition) is 3. The number of nitrogens with one attached hydrogen (secondary N) is 1. The highest BCUT2D eigenvalue weighted by molar-refractivity contribution is 5.75. The third kappa shape index (κ3) is 2.65. The maximum atomic E-state index is 10.4. The molecule has 1 atom stereocenters. The van der Waals surface area contributed by atoms with Gasteiger partial charge in [-0.25, -0.2) is 4.98 Å². The fourth-order valence-electron chi connectivity index (χ4n) is 2.92. The Kier molecular flexibility index (Phi) is 3.29. The Balaban J connectivity index is 1.73. The molecule has 0 spiro atoms. The largest absolute Gasteiger partial charge is 0.389 e. The minimum absolute atomic E-state index is 0.505. The number of aliphatic hydroxyl groups is 1. The van der Waals surface area contributed by atoms with Crippen LogP contribution >= 0.6 is 0 Å². The normalized spacial score (nSPS) is 24.9. The Labute approximate surface area is 113 Å². The first kappa shape index (κ1) is 12.6. The molecular formula is C15H21N3O. The summed E-state index contributed by atoms with van der Waals surface area (Å²) < 4.78 is 0. The van der Waals surface area contributed by atoms with Crippen molar-refractivity contribution in [1.29, 1.82) is 0 Å². The zero-order valence-corrected chi connectivity index (χ0v) is 11.4. The standard InChI is InChI=1S/C15H21N3O/c1-2-15(19)7-3-9-18(11-15)10-13-5-4-12-6-8-16-14(12)17-13/h4-6,8,19H,2-3,7,9-11H2,1H3,(H,16,17). The molecule has 2 aromatic rings. The van der Waals surface area contributed by atoms with E-state index in [1.165, 1.54) is 0 Å². The molecule has 19 heavy (non-hydrogen) atoms. The zero-order chi connectivity index (χ0) is 13.3. The number of aromatic amines is 1. The summed E-state index contributed by atoms with van der Waals surface area (Å²) in [6, 6.07) is 6.21. The predicted octanol–water partition coefficient (Wildman–Crippen LogP) is 2.30. The second kappa shape index (κ2) is 4.94. The van der Waals surface area contributed by atoms with Crippen LogP contribution in [0.15, 0.2) is 24.4 Å². The van der Waals surface area contributed by atoms with Crippen LogP contribution in [0.1, 0.15) is 31.9 Å². The number of hydrogen-bond donors (Lipinski definition) is 2. The first-order valence-corrected chi connectivity index (χ1v) is 7.06. The molecule has 1 unspecified atom stereocenters. The van der Waals surface area contributed by atoms with Gasteiger partial charge in [-0.05, 0) is 44.0 Å². The summed E-state index contributed by atoms with van der Waals surface area (Å²) in [4.78, 5) is 10.1. The highest BCUT2D eigenvalue weighted by Crippen LogP contribution is 2.25. The summed E-state index contributed by atoms with van der Waals surface area (Å²) in [5.74, 6) is 0. The predicted molar refractivity (Wildman–Crippen MR) is 75.8 cm³/mol. The van der Waals surface area contributed by atoms with Crippen molar-refractivity contribution in [3.05, 3.63) is 30.1 Å². The van der Waals surface area contributed by atoms with Crippen LogP contribution < -0.4 is 0 Å². The number of nitrogens with zero attached hydrogens (tertiary/aromatic N) is 2. The van der Waals surface area contributed by atoms with Gasteiger partial charge in [0.1, 0.15) is 5.65 Å². The third-order valence-electron chi connectivity index (χ3n) is 4.15. The van der Waals surface area contributed by atoms with Gasteiger partial charge in [-0.3, -0.25) is 4.90 Å². The lowest BCUT2D eigenvalue weighted by Gasteiger charge is -2.38. The maximum Gasteiger partial charge on any atom is 0.137 e. The lowest BCUT2D eigenvalue weighted by molar-refractivity contribution is -0.0360. The van der Waals surface area contributed by atoms with Gasteiger partial charge in [0, 0.05) is 24.7 Å². The van der Waals surface area contributed by atoms with Gasteiger partial charge in [0.15, 0.2) is 0 Å². The van der Waals surface area contributed by atoms with Gasteiger partial charge in [0.05, 0.1) is 11.3 Å². The monoisotopic (exact) mass is 259 g/mol. The minimum atomic E-state index is -0.505. The number of piperidine rings is 1. The lowest BCUT2D eigenvalue weighted by Crippen LogP contribution is -2.47. The average molecular weight is 259 g/mol. The van der Waals surface area contributed by atoms with Crippen LogP contribution in [-0.4, -0.2) is 38.7 Å². The van der Waals surface area contributed by atoms with Crippen molar-refractivity contribution >= 4 is 11.0 Å². The molecule has 3 heterocycles. The molecule has 0 aromatic carbocycles. The van der Waals surface area contributed by atoms with E-state index in [0.717, 1.165) is 55.6 Å². The van der Waals surface area contributed by atoms with Crippen molar-refractivity contribution < 1.29 is 5.11 Å². The number of H-pyrrole nitrogens is 1. The van der Waals surface area contributed by atoms with E-state index in [9.17, 15) is 5.11 Å². The molecule has 102 valence electrons. The molecule has 0 bridgehead atoms.